The summed E-state index contributed by atoms with van der Waals surface area (Å²) in [6.45, 7) is 0. The molecule has 4 aromatic rings. The van der Waals surface area contributed by atoms with Crippen molar-refractivity contribution in [2.45, 2.75) is 6.36 Å². The molecule has 0 radical (unpaired) electrons. The molecule has 0 atom stereocenters. The van der Waals surface area contributed by atoms with Crippen LogP contribution in [0.1, 0.15) is 0 Å². The highest BCUT2D eigenvalue weighted by Gasteiger charge is 2.31. The standard InChI is InChI=1S/C20H11Cl2F4N3OS/c1-29-19(27-18(28-29)16-13(21)3-2-4-14(16)23)12-9-15(31-17(12)22)10-5-7-11(8-6-10)30-20(24,25)26/h2-9H,1H3. The van der Waals surface area contributed by atoms with Crippen LogP contribution >= 0.6 is 34.5 Å². The summed E-state index contributed by atoms with van der Waals surface area (Å²) in [5, 5.41) is 4.43. The Bertz CT molecular complexity index is 1230. The minimum Gasteiger partial charge on any atom is -0.406 e. The van der Waals surface area contributed by atoms with Crippen molar-refractivity contribution in [2.75, 3.05) is 0 Å². The number of rotatable bonds is 4. The molecule has 0 aliphatic rings. The first-order chi connectivity index (χ1) is 14.6. The molecule has 0 unspecified atom stereocenters. The van der Waals surface area contributed by atoms with Gasteiger partial charge in [0, 0.05) is 17.5 Å². The van der Waals surface area contributed by atoms with E-state index >= 15 is 0 Å². The molecule has 4 rings (SSSR count). The van der Waals surface area contributed by atoms with Crippen molar-refractivity contribution in [3.05, 3.63) is 63.7 Å². The van der Waals surface area contributed by atoms with Crippen molar-refractivity contribution < 1.29 is 22.3 Å². The zero-order chi connectivity index (χ0) is 22.3. The summed E-state index contributed by atoms with van der Waals surface area (Å²) in [6, 6.07) is 11.5. The predicted molar refractivity (Wildman–Crippen MR) is 112 cm³/mol. The van der Waals surface area contributed by atoms with Crippen LogP contribution in [0.25, 0.3) is 33.2 Å². The minimum absolute atomic E-state index is 0.0813. The van der Waals surface area contributed by atoms with Gasteiger partial charge in [0.1, 0.15) is 15.9 Å². The average molecular weight is 488 g/mol. The normalized spacial score (nSPS) is 11.7. The maximum absolute atomic E-state index is 14.2. The molecule has 0 saturated carbocycles. The number of hydrogen-bond donors (Lipinski definition) is 0. The number of thiophene rings is 1. The number of aromatic nitrogens is 3. The largest absolute Gasteiger partial charge is 0.573 e. The SMILES string of the molecule is Cn1nc(-c2c(F)cccc2Cl)nc1-c1cc(-c2ccc(OC(F)(F)F)cc2)sc1Cl. The molecule has 11 heteroatoms. The maximum atomic E-state index is 14.2. The van der Waals surface area contributed by atoms with E-state index in [0.717, 1.165) is 0 Å². The van der Waals surface area contributed by atoms with Crippen LogP contribution in [0.2, 0.25) is 9.36 Å². The Morgan fingerprint density at radius 2 is 1.77 bits per heavy atom. The summed E-state index contributed by atoms with van der Waals surface area (Å²) in [4.78, 5) is 5.10. The lowest BCUT2D eigenvalue weighted by molar-refractivity contribution is -0.274. The summed E-state index contributed by atoms with van der Waals surface area (Å²) >= 11 is 13.7. The second-order valence-corrected chi connectivity index (χ2v) is 8.41. The van der Waals surface area contributed by atoms with Gasteiger partial charge in [0.05, 0.1) is 10.6 Å². The first kappa shape index (κ1) is 21.6. The molecule has 4 nitrogen and oxygen atoms in total. The molecule has 0 amide bonds. The van der Waals surface area contributed by atoms with E-state index in [1.807, 2.05) is 0 Å². The highest BCUT2D eigenvalue weighted by molar-refractivity contribution is 7.20. The van der Waals surface area contributed by atoms with E-state index in [9.17, 15) is 17.6 Å². The Morgan fingerprint density at radius 1 is 1.06 bits per heavy atom. The smallest absolute Gasteiger partial charge is 0.406 e. The Labute approximate surface area is 187 Å². The number of alkyl halides is 3. The summed E-state index contributed by atoms with van der Waals surface area (Å²) in [5.41, 5.74) is 1.27. The van der Waals surface area contributed by atoms with E-state index < -0.39 is 12.2 Å². The average Bonchev–Trinajstić information content (AvgIpc) is 3.23. The molecule has 2 aromatic carbocycles. The summed E-state index contributed by atoms with van der Waals surface area (Å²) in [5.74, 6) is -0.376. The zero-order valence-electron chi connectivity index (χ0n) is 15.5. The third kappa shape index (κ3) is 4.53. The Kier molecular flexibility index (Phi) is 5.67. The van der Waals surface area contributed by atoms with E-state index in [-0.39, 0.29) is 22.2 Å². The molecule has 0 spiro atoms. The topological polar surface area (TPSA) is 39.9 Å². The van der Waals surface area contributed by atoms with Crippen LogP contribution in [0, 0.1) is 5.82 Å². The van der Waals surface area contributed by atoms with E-state index in [2.05, 4.69) is 14.8 Å². The zero-order valence-corrected chi connectivity index (χ0v) is 17.9. The van der Waals surface area contributed by atoms with E-state index in [1.54, 1.807) is 13.1 Å². The van der Waals surface area contributed by atoms with Crippen LogP contribution in [0.15, 0.2) is 48.5 Å². The lowest BCUT2D eigenvalue weighted by Gasteiger charge is -2.08. The van der Waals surface area contributed by atoms with Crippen molar-refractivity contribution in [3.63, 3.8) is 0 Å². The number of nitrogens with zero attached hydrogens (tertiary/aromatic N) is 3. The Morgan fingerprint density at radius 3 is 2.42 bits per heavy atom. The number of hydrogen-bond acceptors (Lipinski definition) is 4. The Balaban J connectivity index is 1.68. The Hall–Kier alpha value is -2.62. The van der Waals surface area contributed by atoms with Gasteiger partial charge in [-0.05, 0) is 48.0 Å². The maximum Gasteiger partial charge on any atom is 0.573 e. The van der Waals surface area contributed by atoms with Gasteiger partial charge in [-0.1, -0.05) is 29.3 Å². The first-order valence-corrected chi connectivity index (χ1v) is 10.2. The number of benzene rings is 2. The van der Waals surface area contributed by atoms with Crippen LogP contribution in [-0.4, -0.2) is 21.1 Å². The summed E-state index contributed by atoms with van der Waals surface area (Å²) < 4.78 is 57.0. The second-order valence-electron chi connectivity index (χ2n) is 6.35. The fourth-order valence-corrected chi connectivity index (χ4v) is 4.44. The molecular formula is C20H11Cl2F4N3OS. The van der Waals surface area contributed by atoms with Gasteiger partial charge in [0.2, 0.25) is 0 Å². The number of aryl methyl sites for hydroxylation is 1. The first-order valence-electron chi connectivity index (χ1n) is 8.63. The molecule has 0 saturated heterocycles. The van der Waals surface area contributed by atoms with Gasteiger partial charge in [0.15, 0.2) is 11.6 Å². The number of ether oxygens (including phenoxy) is 1. The van der Waals surface area contributed by atoms with Gasteiger partial charge in [-0.25, -0.2) is 14.1 Å². The molecule has 31 heavy (non-hydrogen) atoms. The molecule has 0 aliphatic carbocycles. The predicted octanol–water partition coefficient (Wildman–Crippen LogP) is 7.22. The molecular weight excluding hydrogens is 477 g/mol. The molecule has 2 aromatic heterocycles. The lowest BCUT2D eigenvalue weighted by atomic mass is 10.1. The summed E-state index contributed by atoms with van der Waals surface area (Å²) in [7, 11) is 1.64. The fraction of sp³-hybridized carbons (Fsp3) is 0.100. The molecule has 160 valence electrons. The molecule has 2 heterocycles. The van der Waals surface area contributed by atoms with Crippen LogP contribution in [0.3, 0.4) is 0 Å². The van der Waals surface area contributed by atoms with Crippen molar-refractivity contribution in [1.29, 1.82) is 0 Å². The van der Waals surface area contributed by atoms with Gasteiger partial charge in [0.25, 0.3) is 0 Å². The fourth-order valence-electron chi connectivity index (χ4n) is 2.92. The van der Waals surface area contributed by atoms with Crippen LogP contribution < -0.4 is 4.74 Å². The van der Waals surface area contributed by atoms with Crippen molar-refractivity contribution in [2.24, 2.45) is 7.05 Å². The molecule has 0 fully saturated rings. The van der Waals surface area contributed by atoms with Crippen molar-refractivity contribution in [1.82, 2.24) is 14.8 Å². The minimum atomic E-state index is -4.76. The van der Waals surface area contributed by atoms with Gasteiger partial charge in [-0.15, -0.1) is 24.5 Å². The second kappa shape index (κ2) is 8.14. The third-order valence-corrected chi connectivity index (χ3v) is 5.97. The highest BCUT2D eigenvalue weighted by Crippen LogP contribution is 2.41. The van der Waals surface area contributed by atoms with Crippen molar-refractivity contribution >= 4 is 34.5 Å². The van der Waals surface area contributed by atoms with Gasteiger partial charge >= 0.3 is 6.36 Å². The highest BCUT2D eigenvalue weighted by atomic mass is 35.5. The quantitative estimate of drug-likeness (QED) is 0.285. The monoisotopic (exact) mass is 487 g/mol. The van der Waals surface area contributed by atoms with Gasteiger partial charge in [-0.2, -0.15) is 5.10 Å². The van der Waals surface area contributed by atoms with Crippen LogP contribution in [0.4, 0.5) is 17.6 Å². The third-order valence-electron chi connectivity index (χ3n) is 4.25. The van der Waals surface area contributed by atoms with E-state index in [4.69, 9.17) is 23.2 Å². The summed E-state index contributed by atoms with van der Waals surface area (Å²) in [6.07, 6.45) is -4.76. The lowest BCUT2D eigenvalue weighted by Crippen LogP contribution is -2.16. The van der Waals surface area contributed by atoms with Crippen molar-refractivity contribution in [3.8, 4) is 39.0 Å². The van der Waals surface area contributed by atoms with Crippen LogP contribution in [0.5, 0.6) is 5.75 Å². The van der Waals surface area contributed by atoms with Crippen LogP contribution in [-0.2, 0) is 7.05 Å². The van der Waals surface area contributed by atoms with E-state index in [1.165, 1.54) is 58.5 Å². The van der Waals surface area contributed by atoms with Gasteiger partial charge < -0.3 is 4.74 Å². The van der Waals surface area contributed by atoms with Gasteiger partial charge in [-0.3, -0.25) is 0 Å². The number of halogens is 6. The molecule has 0 bridgehead atoms. The van der Waals surface area contributed by atoms with E-state index in [0.29, 0.717) is 26.2 Å². The molecule has 0 N–H and O–H groups in total. The molecule has 0 aliphatic heterocycles.